The standard InChI is InChI=1S/C21H30N6O2/c1-29-20-10-6-5-7-16(20)11-12-22-21(28)19-13-18(27-15-23-24-25-27)14-26(19)17-8-3-2-4-9-17/h5-7,10,15,17-19H,2-4,8-9,11-14H2,1H3,(H,22,28)/t18-,19+/m1/s1. The van der Waals surface area contributed by atoms with Crippen LogP contribution in [0.2, 0.25) is 0 Å². The number of hydrogen-bond donors (Lipinski definition) is 1. The van der Waals surface area contributed by atoms with Crippen molar-refractivity contribution in [2.75, 3.05) is 20.2 Å². The number of rotatable bonds is 7. The first-order valence-corrected chi connectivity index (χ1v) is 10.6. The zero-order valence-corrected chi connectivity index (χ0v) is 17.0. The molecule has 0 spiro atoms. The van der Waals surface area contributed by atoms with Gasteiger partial charge in [-0.1, -0.05) is 37.5 Å². The van der Waals surface area contributed by atoms with Crippen molar-refractivity contribution in [3.63, 3.8) is 0 Å². The number of hydrogen-bond acceptors (Lipinski definition) is 6. The third kappa shape index (κ3) is 4.58. The van der Waals surface area contributed by atoms with E-state index in [0.29, 0.717) is 12.6 Å². The molecule has 8 heteroatoms. The topological polar surface area (TPSA) is 85.2 Å². The first-order chi connectivity index (χ1) is 14.3. The van der Waals surface area contributed by atoms with E-state index < -0.39 is 0 Å². The molecule has 0 unspecified atom stereocenters. The molecule has 8 nitrogen and oxygen atoms in total. The van der Waals surface area contributed by atoms with Gasteiger partial charge in [-0.25, -0.2) is 4.68 Å². The van der Waals surface area contributed by atoms with Crippen molar-refractivity contribution in [3.05, 3.63) is 36.2 Å². The number of methoxy groups -OCH3 is 1. The molecule has 1 saturated heterocycles. The Morgan fingerprint density at radius 2 is 2.03 bits per heavy atom. The summed E-state index contributed by atoms with van der Waals surface area (Å²) in [5.41, 5.74) is 1.11. The molecule has 2 aromatic rings. The van der Waals surface area contributed by atoms with Crippen LogP contribution in [0, 0.1) is 0 Å². The van der Waals surface area contributed by atoms with Gasteiger partial charge in [0.25, 0.3) is 0 Å². The number of carbonyl (C=O) groups excluding carboxylic acids is 1. The molecule has 1 N–H and O–H groups in total. The highest BCUT2D eigenvalue weighted by atomic mass is 16.5. The van der Waals surface area contributed by atoms with Gasteiger partial charge in [-0.2, -0.15) is 0 Å². The number of ether oxygens (including phenoxy) is 1. The van der Waals surface area contributed by atoms with Crippen LogP contribution < -0.4 is 10.1 Å². The Balaban J connectivity index is 1.40. The Kier molecular flexibility index (Phi) is 6.39. The second-order valence-corrected chi connectivity index (χ2v) is 8.04. The highest BCUT2D eigenvalue weighted by molar-refractivity contribution is 5.82. The smallest absolute Gasteiger partial charge is 0.237 e. The van der Waals surface area contributed by atoms with Gasteiger partial charge in [-0.05, 0) is 47.7 Å². The fraction of sp³-hybridized carbons (Fsp3) is 0.619. The Morgan fingerprint density at radius 3 is 2.79 bits per heavy atom. The SMILES string of the molecule is COc1ccccc1CCNC(=O)[C@@H]1C[C@@H](n2cnnn2)CN1C1CCCCC1. The maximum Gasteiger partial charge on any atom is 0.237 e. The van der Waals surface area contributed by atoms with E-state index in [0.717, 1.165) is 30.7 Å². The van der Waals surface area contributed by atoms with Gasteiger partial charge >= 0.3 is 0 Å². The summed E-state index contributed by atoms with van der Waals surface area (Å²) < 4.78 is 7.22. The quantitative estimate of drug-likeness (QED) is 0.768. The Hall–Kier alpha value is -2.48. The zero-order valence-electron chi connectivity index (χ0n) is 17.0. The third-order valence-corrected chi connectivity index (χ3v) is 6.29. The maximum atomic E-state index is 13.1. The average molecular weight is 399 g/mol. The number of likely N-dealkylation sites (tertiary alicyclic amines) is 1. The number of tetrazole rings is 1. The van der Waals surface area contributed by atoms with Crippen molar-refractivity contribution in [1.82, 2.24) is 30.4 Å². The molecule has 2 fully saturated rings. The van der Waals surface area contributed by atoms with Crippen LogP contribution in [0.1, 0.15) is 50.1 Å². The van der Waals surface area contributed by atoms with Gasteiger partial charge in [0, 0.05) is 19.1 Å². The predicted octanol–water partition coefficient (Wildman–Crippen LogP) is 1.99. The molecule has 2 atom stereocenters. The van der Waals surface area contributed by atoms with Crippen LogP contribution in [0.3, 0.4) is 0 Å². The van der Waals surface area contributed by atoms with Crippen LogP contribution in [0.15, 0.2) is 30.6 Å². The average Bonchev–Trinajstić information content (AvgIpc) is 3.44. The predicted molar refractivity (Wildman–Crippen MR) is 109 cm³/mol. The van der Waals surface area contributed by atoms with E-state index in [1.165, 1.54) is 32.1 Å². The summed E-state index contributed by atoms with van der Waals surface area (Å²) in [6.45, 7) is 1.43. The van der Waals surface area contributed by atoms with Crippen molar-refractivity contribution in [2.45, 2.75) is 63.1 Å². The van der Waals surface area contributed by atoms with Crippen molar-refractivity contribution in [2.24, 2.45) is 0 Å². The summed E-state index contributed by atoms with van der Waals surface area (Å²) in [5.74, 6) is 0.978. The van der Waals surface area contributed by atoms with Crippen LogP contribution in [-0.4, -0.2) is 63.3 Å². The lowest BCUT2D eigenvalue weighted by molar-refractivity contribution is -0.126. The van der Waals surface area contributed by atoms with E-state index in [1.807, 2.05) is 24.3 Å². The van der Waals surface area contributed by atoms with E-state index in [4.69, 9.17) is 4.74 Å². The fourth-order valence-corrected chi connectivity index (χ4v) is 4.79. The van der Waals surface area contributed by atoms with Crippen molar-refractivity contribution < 1.29 is 9.53 Å². The summed E-state index contributed by atoms with van der Waals surface area (Å²) in [7, 11) is 1.68. The highest BCUT2D eigenvalue weighted by Crippen LogP contribution is 2.33. The molecule has 1 aliphatic carbocycles. The molecule has 1 aromatic heterocycles. The van der Waals surface area contributed by atoms with E-state index in [2.05, 4.69) is 25.7 Å². The number of amides is 1. The first kappa shape index (κ1) is 19.8. The molecule has 0 radical (unpaired) electrons. The number of carbonyl (C=O) groups is 1. The van der Waals surface area contributed by atoms with E-state index in [9.17, 15) is 4.79 Å². The normalized spacial score (nSPS) is 23.2. The Labute approximate surface area is 171 Å². The highest BCUT2D eigenvalue weighted by Gasteiger charge is 2.41. The van der Waals surface area contributed by atoms with E-state index in [-0.39, 0.29) is 18.0 Å². The second kappa shape index (κ2) is 9.35. The summed E-state index contributed by atoms with van der Waals surface area (Å²) in [6, 6.07) is 8.47. The minimum absolute atomic E-state index is 0.112. The van der Waals surface area contributed by atoms with Crippen LogP contribution in [-0.2, 0) is 11.2 Å². The molecule has 156 valence electrons. The van der Waals surface area contributed by atoms with Gasteiger partial charge in [0.1, 0.15) is 12.1 Å². The van der Waals surface area contributed by atoms with Crippen LogP contribution in [0.4, 0.5) is 0 Å². The third-order valence-electron chi connectivity index (χ3n) is 6.29. The number of aromatic nitrogens is 4. The van der Waals surface area contributed by atoms with Gasteiger partial charge in [-0.15, -0.1) is 5.10 Å². The molecule has 1 aromatic carbocycles. The molecule has 1 saturated carbocycles. The van der Waals surface area contributed by atoms with Crippen molar-refractivity contribution in [3.8, 4) is 5.75 Å². The summed E-state index contributed by atoms with van der Waals surface area (Å²) in [6.07, 6.45) is 9.31. The van der Waals surface area contributed by atoms with Crippen molar-refractivity contribution in [1.29, 1.82) is 0 Å². The molecule has 4 rings (SSSR count). The fourth-order valence-electron chi connectivity index (χ4n) is 4.79. The number of benzene rings is 1. The lowest BCUT2D eigenvalue weighted by Gasteiger charge is -2.34. The molecular formula is C21H30N6O2. The van der Waals surface area contributed by atoms with Gasteiger partial charge < -0.3 is 10.1 Å². The molecule has 1 aliphatic heterocycles. The minimum Gasteiger partial charge on any atom is -0.496 e. The van der Waals surface area contributed by atoms with E-state index >= 15 is 0 Å². The lowest BCUT2D eigenvalue weighted by Crippen LogP contribution is -2.48. The molecular weight excluding hydrogens is 368 g/mol. The molecule has 2 aliphatic rings. The molecule has 2 heterocycles. The minimum atomic E-state index is -0.120. The van der Waals surface area contributed by atoms with E-state index in [1.54, 1.807) is 18.1 Å². The van der Waals surface area contributed by atoms with Crippen LogP contribution >= 0.6 is 0 Å². The monoisotopic (exact) mass is 398 g/mol. The van der Waals surface area contributed by atoms with Gasteiger partial charge in [0.15, 0.2) is 0 Å². The Bertz CT molecular complexity index is 790. The lowest BCUT2D eigenvalue weighted by atomic mass is 9.93. The molecule has 29 heavy (non-hydrogen) atoms. The van der Waals surface area contributed by atoms with Gasteiger partial charge in [-0.3, -0.25) is 9.69 Å². The van der Waals surface area contributed by atoms with Gasteiger partial charge in [0.2, 0.25) is 5.91 Å². The number of para-hydroxylation sites is 1. The molecule has 1 amide bonds. The Morgan fingerprint density at radius 1 is 1.21 bits per heavy atom. The first-order valence-electron chi connectivity index (χ1n) is 10.6. The number of nitrogens with zero attached hydrogens (tertiary/aromatic N) is 5. The second-order valence-electron chi connectivity index (χ2n) is 8.04. The summed E-state index contributed by atoms with van der Waals surface area (Å²) in [4.78, 5) is 15.5. The maximum absolute atomic E-state index is 13.1. The van der Waals surface area contributed by atoms with Crippen LogP contribution in [0.5, 0.6) is 5.75 Å². The summed E-state index contributed by atoms with van der Waals surface area (Å²) >= 11 is 0. The number of nitrogens with one attached hydrogen (secondary N) is 1. The van der Waals surface area contributed by atoms with Gasteiger partial charge in [0.05, 0.1) is 19.2 Å². The summed E-state index contributed by atoms with van der Waals surface area (Å²) in [5, 5.41) is 14.8. The zero-order chi connectivity index (χ0) is 20.1. The van der Waals surface area contributed by atoms with Crippen molar-refractivity contribution >= 4 is 5.91 Å². The molecule has 0 bridgehead atoms. The largest absolute Gasteiger partial charge is 0.496 e. The van der Waals surface area contributed by atoms with Crippen LogP contribution in [0.25, 0.3) is 0 Å².